The van der Waals surface area contributed by atoms with Crippen molar-refractivity contribution in [1.29, 1.82) is 0 Å². The van der Waals surface area contributed by atoms with E-state index in [0.717, 1.165) is 4.88 Å². The summed E-state index contributed by atoms with van der Waals surface area (Å²) in [4.78, 5) is 13.6. The fourth-order valence-corrected chi connectivity index (χ4v) is 2.30. The summed E-state index contributed by atoms with van der Waals surface area (Å²) in [6.45, 7) is 6.44. The highest BCUT2D eigenvalue weighted by molar-refractivity contribution is 7.14. The Hall–Kier alpha value is -0.340. The molecule has 0 bridgehead atoms. The van der Waals surface area contributed by atoms with Crippen LogP contribution in [0.4, 0.5) is 0 Å². The molecule has 1 aromatic heterocycles. The molecule has 0 unspecified atom stereocenters. The second kappa shape index (κ2) is 4.45. The molecule has 0 aliphatic rings. The van der Waals surface area contributed by atoms with Crippen LogP contribution in [0, 0.1) is 0 Å². The Morgan fingerprint density at radius 1 is 1.43 bits per heavy atom. The third kappa shape index (κ3) is 2.82. The molecule has 3 heteroatoms. The SMILES string of the molecule is CC(C)(C)c1ccc(C(=O)CCCl)s1. The normalized spacial score (nSPS) is 11.7. The Morgan fingerprint density at radius 2 is 2.07 bits per heavy atom. The van der Waals surface area contributed by atoms with Gasteiger partial charge >= 0.3 is 0 Å². The van der Waals surface area contributed by atoms with Crippen LogP contribution in [-0.4, -0.2) is 11.7 Å². The summed E-state index contributed by atoms with van der Waals surface area (Å²) in [6, 6.07) is 3.94. The molecule has 1 rings (SSSR count). The number of carbonyl (C=O) groups excluding carboxylic acids is 1. The zero-order valence-electron chi connectivity index (χ0n) is 8.76. The Morgan fingerprint density at radius 3 is 2.50 bits per heavy atom. The number of ketones is 1. The van der Waals surface area contributed by atoms with Gasteiger partial charge in [-0.05, 0) is 17.5 Å². The summed E-state index contributed by atoms with van der Waals surface area (Å²) in [5.41, 5.74) is 0.129. The third-order valence-electron chi connectivity index (χ3n) is 1.94. The van der Waals surface area contributed by atoms with E-state index in [4.69, 9.17) is 11.6 Å². The molecule has 1 heterocycles. The number of carbonyl (C=O) groups is 1. The average molecular weight is 231 g/mol. The molecular weight excluding hydrogens is 216 g/mol. The van der Waals surface area contributed by atoms with Crippen molar-refractivity contribution in [2.24, 2.45) is 0 Å². The van der Waals surface area contributed by atoms with Gasteiger partial charge in [0.05, 0.1) is 4.88 Å². The van der Waals surface area contributed by atoms with E-state index < -0.39 is 0 Å². The minimum absolute atomic E-state index is 0.129. The summed E-state index contributed by atoms with van der Waals surface area (Å²) in [5.74, 6) is 0.558. The minimum Gasteiger partial charge on any atom is -0.293 e. The van der Waals surface area contributed by atoms with Crippen molar-refractivity contribution in [3.05, 3.63) is 21.9 Å². The van der Waals surface area contributed by atoms with Crippen molar-refractivity contribution in [1.82, 2.24) is 0 Å². The highest BCUT2D eigenvalue weighted by Crippen LogP contribution is 2.29. The molecule has 0 atom stereocenters. The van der Waals surface area contributed by atoms with E-state index in [-0.39, 0.29) is 11.2 Å². The van der Waals surface area contributed by atoms with Gasteiger partial charge in [0.2, 0.25) is 0 Å². The molecular formula is C11H15ClOS. The monoisotopic (exact) mass is 230 g/mol. The van der Waals surface area contributed by atoms with E-state index in [9.17, 15) is 4.79 Å². The second-order valence-electron chi connectivity index (χ2n) is 4.28. The maximum Gasteiger partial charge on any atom is 0.173 e. The number of hydrogen-bond acceptors (Lipinski definition) is 2. The minimum atomic E-state index is 0.129. The third-order valence-corrected chi connectivity index (χ3v) is 3.68. The molecule has 1 aromatic rings. The van der Waals surface area contributed by atoms with Crippen LogP contribution in [0.1, 0.15) is 41.7 Å². The fraction of sp³-hybridized carbons (Fsp3) is 0.545. The van der Waals surface area contributed by atoms with Crippen LogP contribution in [0.5, 0.6) is 0 Å². The summed E-state index contributed by atoms with van der Waals surface area (Å²) in [6.07, 6.45) is 0.436. The average Bonchev–Trinajstić information content (AvgIpc) is 2.51. The lowest BCUT2D eigenvalue weighted by molar-refractivity contribution is 0.0993. The highest BCUT2D eigenvalue weighted by Gasteiger charge is 2.17. The van der Waals surface area contributed by atoms with Gasteiger partial charge < -0.3 is 0 Å². The van der Waals surface area contributed by atoms with Crippen molar-refractivity contribution < 1.29 is 4.79 Å². The quantitative estimate of drug-likeness (QED) is 0.569. The van der Waals surface area contributed by atoms with Gasteiger partial charge in [-0.15, -0.1) is 22.9 Å². The van der Waals surface area contributed by atoms with Gasteiger partial charge in [-0.2, -0.15) is 0 Å². The van der Waals surface area contributed by atoms with Gasteiger partial charge in [0.25, 0.3) is 0 Å². The lowest BCUT2D eigenvalue weighted by Gasteiger charge is -2.15. The van der Waals surface area contributed by atoms with Crippen molar-refractivity contribution >= 4 is 28.7 Å². The van der Waals surface area contributed by atoms with Gasteiger partial charge in [-0.3, -0.25) is 4.79 Å². The van der Waals surface area contributed by atoms with Crippen LogP contribution < -0.4 is 0 Å². The predicted molar refractivity (Wildman–Crippen MR) is 62.7 cm³/mol. The molecule has 0 aromatic carbocycles. The Labute approximate surface area is 94.1 Å². The van der Waals surface area contributed by atoms with Gasteiger partial charge in [0, 0.05) is 17.2 Å². The maximum absolute atomic E-state index is 11.5. The predicted octanol–water partition coefficient (Wildman–Crippen LogP) is 3.86. The molecule has 0 saturated carbocycles. The first-order valence-corrected chi connectivity index (χ1v) is 5.99. The number of halogens is 1. The zero-order valence-corrected chi connectivity index (χ0v) is 10.3. The number of rotatable bonds is 3. The number of alkyl halides is 1. The van der Waals surface area contributed by atoms with Gasteiger partial charge in [-0.1, -0.05) is 20.8 Å². The first-order valence-electron chi connectivity index (χ1n) is 4.64. The van der Waals surface area contributed by atoms with E-state index in [1.165, 1.54) is 4.88 Å². The van der Waals surface area contributed by atoms with Crippen molar-refractivity contribution in [3.8, 4) is 0 Å². The number of Topliss-reactive ketones (excluding diaryl/α,β-unsaturated/α-hetero) is 1. The zero-order chi connectivity index (χ0) is 10.8. The van der Waals surface area contributed by atoms with Crippen LogP contribution in [0.2, 0.25) is 0 Å². The lowest BCUT2D eigenvalue weighted by Crippen LogP contribution is -2.07. The lowest BCUT2D eigenvalue weighted by atomic mass is 9.95. The highest BCUT2D eigenvalue weighted by atomic mass is 35.5. The molecule has 14 heavy (non-hydrogen) atoms. The van der Waals surface area contributed by atoms with E-state index in [2.05, 4.69) is 20.8 Å². The van der Waals surface area contributed by atoms with Gasteiger partial charge in [0.1, 0.15) is 0 Å². The van der Waals surface area contributed by atoms with Gasteiger partial charge in [-0.25, -0.2) is 0 Å². The maximum atomic E-state index is 11.5. The van der Waals surface area contributed by atoms with E-state index in [1.54, 1.807) is 11.3 Å². The van der Waals surface area contributed by atoms with Crippen molar-refractivity contribution in [2.45, 2.75) is 32.6 Å². The Balaban J connectivity index is 2.83. The molecule has 0 spiro atoms. The molecule has 0 aliphatic heterocycles. The molecule has 0 radical (unpaired) electrons. The fourth-order valence-electron chi connectivity index (χ4n) is 1.10. The largest absolute Gasteiger partial charge is 0.293 e. The van der Waals surface area contributed by atoms with Crippen LogP contribution in [-0.2, 0) is 5.41 Å². The molecule has 0 aliphatic carbocycles. The molecule has 0 amide bonds. The van der Waals surface area contributed by atoms with Crippen molar-refractivity contribution in [3.63, 3.8) is 0 Å². The molecule has 1 nitrogen and oxygen atoms in total. The number of thiophene rings is 1. The van der Waals surface area contributed by atoms with Crippen LogP contribution >= 0.6 is 22.9 Å². The first kappa shape index (κ1) is 11.7. The summed E-state index contributed by atoms with van der Waals surface area (Å²) < 4.78 is 0. The molecule has 0 saturated heterocycles. The summed E-state index contributed by atoms with van der Waals surface area (Å²) in [7, 11) is 0. The van der Waals surface area contributed by atoms with Crippen LogP contribution in [0.25, 0.3) is 0 Å². The van der Waals surface area contributed by atoms with Crippen molar-refractivity contribution in [2.75, 3.05) is 5.88 Å². The Bertz CT molecular complexity index is 322. The van der Waals surface area contributed by atoms with E-state index in [1.807, 2.05) is 12.1 Å². The van der Waals surface area contributed by atoms with E-state index in [0.29, 0.717) is 12.3 Å². The van der Waals surface area contributed by atoms with Crippen LogP contribution in [0.3, 0.4) is 0 Å². The second-order valence-corrected chi connectivity index (χ2v) is 5.74. The van der Waals surface area contributed by atoms with Gasteiger partial charge in [0.15, 0.2) is 5.78 Å². The van der Waals surface area contributed by atoms with Crippen LogP contribution in [0.15, 0.2) is 12.1 Å². The smallest absolute Gasteiger partial charge is 0.173 e. The topological polar surface area (TPSA) is 17.1 Å². The first-order chi connectivity index (χ1) is 6.45. The molecule has 0 fully saturated rings. The molecule has 78 valence electrons. The summed E-state index contributed by atoms with van der Waals surface area (Å²) in [5, 5.41) is 0. The number of hydrogen-bond donors (Lipinski definition) is 0. The summed E-state index contributed by atoms with van der Waals surface area (Å²) >= 11 is 7.11. The Kier molecular flexibility index (Phi) is 3.73. The van der Waals surface area contributed by atoms with E-state index >= 15 is 0 Å². The standard InChI is InChI=1S/C11H15ClOS/c1-11(2,3)10-5-4-9(14-10)8(13)6-7-12/h4-5H,6-7H2,1-3H3. The molecule has 0 N–H and O–H groups in total.